The zero-order valence-corrected chi connectivity index (χ0v) is 26.8. The molecule has 2 aliphatic rings. The number of carbonyl (C=O) groups excluding carboxylic acids is 1. The molecule has 0 bridgehead atoms. The van der Waals surface area contributed by atoms with Gasteiger partial charge in [-0.3, -0.25) is 9.29 Å². The minimum absolute atomic E-state index is 0.104. The molecule has 0 spiro atoms. The molecule has 1 atom stereocenters. The van der Waals surface area contributed by atoms with E-state index in [1.807, 2.05) is 48.5 Å². The highest BCUT2D eigenvalue weighted by Gasteiger charge is 2.25. The lowest BCUT2D eigenvalue weighted by molar-refractivity contribution is 0.0600. The molecule has 6 rings (SSSR count). The fourth-order valence-electron chi connectivity index (χ4n) is 6.52. The van der Waals surface area contributed by atoms with Gasteiger partial charge in [0.25, 0.3) is 0 Å². The molecule has 1 fully saturated rings. The van der Waals surface area contributed by atoms with Crippen LogP contribution in [0, 0.1) is 0 Å². The fourth-order valence-corrected chi connectivity index (χ4v) is 7.04. The number of aryl methyl sites for hydroxylation is 1. The average Bonchev–Trinajstić information content (AvgIpc) is 3.42. The third-order valence-corrected chi connectivity index (χ3v) is 9.25. The summed E-state index contributed by atoms with van der Waals surface area (Å²) in [6.45, 7) is 2.25. The quantitative estimate of drug-likeness (QED) is 0.170. The Morgan fingerprint density at radius 1 is 0.911 bits per heavy atom. The maximum atomic E-state index is 12.6. The van der Waals surface area contributed by atoms with E-state index >= 15 is 0 Å². The number of ether oxygens (including phenoxy) is 2. The monoisotopic (exact) mass is 643 g/mol. The Labute approximate surface area is 274 Å². The predicted molar refractivity (Wildman–Crippen MR) is 181 cm³/mol. The lowest BCUT2D eigenvalue weighted by Gasteiger charge is -2.19. The number of alkyl halides is 1. The number of allylic oxidation sites excluding steroid dienone is 1. The molecule has 1 heterocycles. The van der Waals surface area contributed by atoms with Gasteiger partial charge in [0.2, 0.25) is 0 Å². The Morgan fingerprint density at radius 2 is 1.69 bits per heavy atom. The number of hydrogen-bond donors (Lipinski definition) is 0. The second-order valence-electron chi connectivity index (χ2n) is 11.7. The van der Waals surface area contributed by atoms with Crippen molar-refractivity contribution in [3.05, 3.63) is 123 Å². The Bertz CT molecular complexity index is 1720. The predicted octanol–water partition coefficient (Wildman–Crippen LogP) is 9.56. The van der Waals surface area contributed by atoms with E-state index < -0.39 is 0 Å². The first-order valence-corrected chi connectivity index (χ1v) is 16.2. The molecule has 0 amide bonds. The minimum atomic E-state index is -0.351. The normalized spacial score (nSPS) is 16.8. The van der Waals surface area contributed by atoms with Crippen LogP contribution in [-0.4, -0.2) is 50.4 Å². The summed E-state index contributed by atoms with van der Waals surface area (Å²) < 4.78 is 23.9. The number of methoxy groups -OCH3 is 1. The number of carbonyl (C=O) groups is 1. The summed E-state index contributed by atoms with van der Waals surface area (Å²) in [5.41, 5.74) is 9.34. The van der Waals surface area contributed by atoms with Gasteiger partial charge in [-0.1, -0.05) is 71.7 Å². The molecule has 1 saturated heterocycles. The van der Waals surface area contributed by atoms with Crippen LogP contribution in [0.25, 0.3) is 22.3 Å². The van der Waals surface area contributed by atoms with Gasteiger partial charge >= 0.3 is 5.97 Å². The summed E-state index contributed by atoms with van der Waals surface area (Å²) >= 11 is 13.1. The average molecular weight is 645 g/mol. The van der Waals surface area contributed by atoms with Crippen LogP contribution >= 0.6 is 23.2 Å². The number of likely N-dealkylation sites (tertiary alicyclic amines) is 1. The van der Waals surface area contributed by atoms with E-state index in [1.165, 1.54) is 18.2 Å². The van der Waals surface area contributed by atoms with Crippen molar-refractivity contribution >= 4 is 40.3 Å². The van der Waals surface area contributed by atoms with Crippen LogP contribution in [-0.2, 0) is 11.2 Å². The highest BCUT2D eigenvalue weighted by atomic mass is 35.5. The van der Waals surface area contributed by atoms with Crippen molar-refractivity contribution in [3.8, 4) is 16.9 Å². The summed E-state index contributed by atoms with van der Waals surface area (Å²) in [6.07, 6.45) is 4.33. The number of hydrogen-bond acceptors (Lipinski definition) is 4. The van der Waals surface area contributed by atoms with Gasteiger partial charge in [-0.2, -0.15) is 0 Å². The molecule has 7 heteroatoms. The first kappa shape index (κ1) is 31.3. The van der Waals surface area contributed by atoms with E-state index in [1.54, 1.807) is 6.07 Å². The molecule has 4 aromatic carbocycles. The zero-order chi connectivity index (χ0) is 31.3. The van der Waals surface area contributed by atoms with Crippen LogP contribution in [0.4, 0.5) is 4.39 Å². The lowest BCUT2D eigenvalue weighted by atomic mass is 9.86. The summed E-state index contributed by atoms with van der Waals surface area (Å²) in [5, 5.41) is 1.24. The Hall–Kier alpha value is -3.64. The SMILES string of the molecule is COC(=O)c1cccc(-c2ccc3c(c2)CCCC(c2ccc(Cl)cc2Cl)=C3c2ccc(O[C@H]3CCN(CCCF)C3)cc2)c1. The largest absolute Gasteiger partial charge is 0.489 e. The standard InChI is InChI=1S/C38H36Cl2FNO3/c1-44-38(43)29-7-2-5-26(22-29)27-11-15-33-28(21-27)6-3-8-35(34-16-12-30(39)23-36(34)40)37(33)25-9-13-31(14-10-25)45-32-17-20-42(24-32)19-4-18-41/h2,5,7,9-16,21-23,32H,3-4,6,8,17-20,24H2,1H3/t32-/m0/s1. The van der Waals surface area contributed by atoms with E-state index in [4.69, 9.17) is 32.7 Å². The van der Waals surface area contributed by atoms with Crippen LogP contribution in [0.5, 0.6) is 5.75 Å². The van der Waals surface area contributed by atoms with Crippen molar-refractivity contribution < 1.29 is 18.7 Å². The minimum Gasteiger partial charge on any atom is -0.489 e. The Morgan fingerprint density at radius 3 is 2.47 bits per heavy atom. The van der Waals surface area contributed by atoms with Crippen molar-refractivity contribution in [3.63, 3.8) is 0 Å². The van der Waals surface area contributed by atoms with Gasteiger partial charge in [-0.15, -0.1) is 0 Å². The Balaban J connectivity index is 1.37. The van der Waals surface area contributed by atoms with Crippen molar-refractivity contribution in [2.24, 2.45) is 0 Å². The molecule has 0 unspecified atom stereocenters. The fraction of sp³-hybridized carbons (Fsp3) is 0.289. The van der Waals surface area contributed by atoms with E-state index in [0.29, 0.717) is 22.0 Å². The maximum absolute atomic E-state index is 12.6. The summed E-state index contributed by atoms with van der Waals surface area (Å²) in [7, 11) is 1.40. The number of esters is 1. The third-order valence-electron chi connectivity index (χ3n) is 8.71. The van der Waals surface area contributed by atoms with Crippen LogP contribution in [0.2, 0.25) is 10.0 Å². The summed E-state index contributed by atoms with van der Waals surface area (Å²) in [6, 6.07) is 28.2. The molecular formula is C38H36Cl2FNO3. The molecule has 1 aliphatic heterocycles. The number of nitrogens with zero attached hydrogens (tertiary/aromatic N) is 1. The van der Waals surface area contributed by atoms with Crippen LogP contribution in [0.1, 0.15) is 58.3 Å². The molecule has 0 aromatic heterocycles. The number of halogens is 3. The van der Waals surface area contributed by atoms with Gasteiger partial charge in [0.05, 0.1) is 19.3 Å². The van der Waals surface area contributed by atoms with Crippen molar-refractivity contribution in [2.45, 2.75) is 38.2 Å². The lowest BCUT2D eigenvalue weighted by Crippen LogP contribution is -2.26. The van der Waals surface area contributed by atoms with E-state index in [0.717, 1.165) is 84.5 Å². The highest BCUT2D eigenvalue weighted by molar-refractivity contribution is 6.36. The second-order valence-corrected chi connectivity index (χ2v) is 12.5. The molecule has 4 aromatic rings. The van der Waals surface area contributed by atoms with Crippen molar-refractivity contribution in [2.75, 3.05) is 33.4 Å². The molecule has 0 N–H and O–H groups in total. The highest BCUT2D eigenvalue weighted by Crippen LogP contribution is 2.43. The van der Waals surface area contributed by atoms with Crippen LogP contribution in [0.15, 0.2) is 84.9 Å². The molecule has 4 nitrogen and oxygen atoms in total. The Kier molecular flexibility index (Phi) is 9.89. The second kappa shape index (κ2) is 14.2. The van der Waals surface area contributed by atoms with E-state index in [2.05, 4.69) is 35.2 Å². The van der Waals surface area contributed by atoms with Crippen LogP contribution < -0.4 is 4.74 Å². The van der Waals surface area contributed by atoms with Gasteiger partial charge in [0.1, 0.15) is 11.9 Å². The van der Waals surface area contributed by atoms with Crippen LogP contribution in [0.3, 0.4) is 0 Å². The van der Waals surface area contributed by atoms with Crippen molar-refractivity contribution in [1.82, 2.24) is 4.90 Å². The van der Waals surface area contributed by atoms with E-state index in [9.17, 15) is 9.18 Å². The number of rotatable bonds is 9. The molecule has 45 heavy (non-hydrogen) atoms. The first-order chi connectivity index (χ1) is 21.9. The molecule has 0 saturated carbocycles. The number of fused-ring (bicyclic) bond motifs is 1. The molecule has 232 valence electrons. The smallest absolute Gasteiger partial charge is 0.337 e. The van der Waals surface area contributed by atoms with Gasteiger partial charge in [0, 0.05) is 29.7 Å². The topological polar surface area (TPSA) is 38.8 Å². The maximum Gasteiger partial charge on any atom is 0.337 e. The summed E-state index contributed by atoms with van der Waals surface area (Å²) in [5.74, 6) is 0.480. The first-order valence-electron chi connectivity index (χ1n) is 15.5. The zero-order valence-electron chi connectivity index (χ0n) is 25.3. The number of benzene rings is 4. The van der Waals surface area contributed by atoms with Crippen molar-refractivity contribution in [1.29, 1.82) is 0 Å². The third kappa shape index (κ3) is 7.12. The molecule has 1 aliphatic carbocycles. The van der Waals surface area contributed by atoms with Gasteiger partial charge in [0.15, 0.2) is 0 Å². The van der Waals surface area contributed by atoms with Gasteiger partial charge < -0.3 is 9.47 Å². The molecular weight excluding hydrogens is 608 g/mol. The van der Waals surface area contributed by atoms with Gasteiger partial charge in [-0.05, 0) is 113 Å². The van der Waals surface area contributed by atoms with Gasteiger partial charge in [-0.25, -0.2) is 4.79 Å². The van der Waals surface area contributed by atoms with E-state index in [-0.39, 0.29) is 18.7 Å². The molecule has 0 radical (unpaired) electrons. The summed E-state index contributed by atoms with van der Waals surface area (Å²) in [4.78, 5) is 14.5.